The van der Waals surface area contributed by atoms with E-state index in [-0.39, 0.29) is 0 Å². The van der Waals surface area contributed by atoms with Gasteiger partial charge in [-0.15, -0.1) is 0 Å². The zero-order valence-electron chi connectivity index (χ0n) is 9.80. The molecule has 1 atom stereocenters. The molecule has 0 rings (SSSR count). The molecule has 1 nitrogen and oxygen atoms in total. The van der Waals surface area contributed by atoms with Crippen molar-refractivity contribution in [1.82, 2.24) is 0 Å². The molecule has 0 saturated heterocycles. The van der Waals surface area contributed by atoms with Crippen LogP contribution in [-0.4, -0.2) is 19.0 Å². The van der Waals surface area contributed by atoms with Gasteiger partial charge in [0.1, 0.15) is 0 Å². The lowest BCUT2D eigenvalue weighted by molar-refractivity contribution is 0.117. The maximum atomic E-state index is 5.57. The lowest BCUT2D eigenvalue weighted by Gasteiger charge is -2.09. The second kappa shape index (κ2) is 11.4. The Morgan fingerprint density at radius 3 is 2.50 bits per heavy atom. The summed E-state index contributed by atoms with van der Waals surface area (Å²) in [4.78, 5) is 0. The van der Waals surface area contributed by atoms with Gasteiger partial charge in [-0.3, -0.25) is 0 Å². The van der Waals surface area contributed by atoms with E-state index in [1.807, 2.05) is 0 Å². The first-order valence-corrected chi connectivity index (χ1v) is 6.63. The molecule has 0 fully saturated rings. The molecule has 0 radical (unpaired) electrons. The standard InChI is InChI=1S/C12H26OS/c1-3-4-5-6-9-13-10-7-12(2)8-11-14/h12,14H,3-11H2,1-2H3. The molecule has 0 aromatic rings. The summed E-state index contributed by atoms with van der Waals surface area (Å²) in [7, 11) is 0. The molecule has 0 saturated carbocycles. The number of thiol groups is 1. The van der Waals surface area contributed by atoms with E-state index in [9.17, 15) is 0 Å². The Kier molecular flexibility index (Phi) is 11.6. The minimum absolute atomic E-state index is 0.767. The summed E-state index contributed by atoms with van der Waals surface area (Å²) in [6.07, 6.45) is 7.60. The molecule has 0 spiro atoms. The van der Waals surface area contributed by atoms with Crippen molar-refractivity contribution in [3.8, 4) is 0 Å². The van der Waals surface area contributed by atoms with Crippen LogP contribution in [0.15, 0.2) is 0 Å². The molecule has 0 aliphatic rings. The van der Waals surface area contributed by atoms with Gasteiger partial charge < -0.3 is 4.74 Å². The molecule has 0 heterocycles. The largest absolute Gasteiger partial charge is 0.381 e. The van der Waals surface area contributed by atoms with Crippen LogP contribution >= 0.6 is 12.6 Å². The van der Waals surface area contributed by atoms with Gasteiger partial charge in [0.25, 0.3) is 0 Å². The molecule has 2 heteroatoms. The SMILES string of the molecule is CCCCCCOCCC(C)CCS. The highest BCUT2D eigenvalue weighted by atomic mass is 32.1. The van der Waals surface area contributed by atoms with Crippen LogP contribution in [0.3, 0.4) is 0 Å². The van der Waals surface area contributed by atoms with E-state index < -0.39 is 0 Å². The summed E-state index contributed by atoms with van der Waals surface area (Å²) in [5, 5.41) is 0. The van der Waals surface area contributed by atoms with Crippen molar-refractivity contribution in [2.75, 3.05) is 19.0 Å². The summed E-state index contributed by atoms with van der Waals surface area (Å²) in [6.45, 7) is 6.39. The molecule has 0 bridgehead atoms. The molecule has 0 aliphatic heterocycles. The van der Waals surface area contributed by atoms with Crippen molar-refractivity contribution in [2.24, 2.45) is 5.92 Å². The molecule has 86 valence electrons. The van der Waals surface area contributed by atoms with E-state index in [1.165, 1.54) is 38.5 Å². The van der Waals surface area contributed by atoms with Crippen LogP contribution in [0.5, 0.6) is 0 Å². The second-order valence-corrected chi connectivity index (χ2v) is 4.53. The zero-order chi connectivity index (χ0) is 10.6. The minimum atomic E-state index is 0.767. The van der Waals surface area contributed by atoms with Crippen molar-refractivity contribution < 1.29 is 4.74 Å². The number of ether oxygens (including phenoxy) is 1. The lowest BCUT2D eigenvalue weighted by Crippen LogP contribution is -2.03. The van der Waals surface area contributed by atoms with Gasteiger partial charge in [-0.2, -0.15) is 12.6 Å². The van der Waals surface area contributed by atoms with Crippen LogP contribution < -0.4 is 0 Å². The second-order valence-electron chi connectivity index (χ2n) is 4.08. The molecule has 0 N–H and O–H groups in total. The van der Waals surface area contributed by atoms with Crippen molar-refractivity contribution in [2.45, 2.75) is 52.4 Å². The number of hydrogen-bond donors (Lipinski definition) is 1. The van der Waals surface area contributed by atoms with E-state index in [4.69, 9.17) is 4.74 Å². The summed E-state index contributed by atoms with van der Waals surface area (Å²) < 4.78 is 5.57. The molecule has 0 aliphatic carbocycles. The van der Waals surface area contributed by atoms with Crippen molar-refractivity contribution in [3.63, 3.8) is 0 Å². The fourth-order valence-corrected chi connectivity index (χ4v) is 1.82. The van der Waals surface area contributed by atoms with Crippen LogP contribution in [0.1, 0.15) is 52.4 Å². The molecular weight excluding hydrogens is 192 g/mol. The van der Waals surface area contributed by atoms with Crippen LogP contribution in [0.2, 0.25) is 0 Å². The Labute approximate surface area is 95.0 Å². The average Bonchev–Trinajstić information content (AvgIpc) is 2.17. The van der Waals surface area contributed by atoms with Crippen LogP contribution in [0.4, 0.5) is 0 Å². The lowest BCUT2D eigenvalue weighted by atomic mass is 10.1. The molecule has 1 unspecified atom stereocenters. The van der Waals surface area contributed by atoms with E-state index >= 15 is 0 Å². The molecular formula is C12H26OS. The Balaban J connectivity index is 2.98. The van der Waals surface area contributed by atoms with Gasteiger partial charge in [0, 0.05) is 13.2 Å². The van der Waals surface area contributed by atoms with Gasteiger partial charge in [-0.25, -0.2) is 0 Å². The van der Waals surface area contributed by atoms with Crippen molar-refractivity contribution in [1.29, 1.82) is 0 Å². The molecule has 14 heavy (non-hydrogen) atoms. The summed E-state index contributed by atoms with van der Waals surface area (Å²) in [5.74, 6) is 1.76. The van der Waals surface area contributed by atoms with Crippen LogP contribution in [-0.2, 0) is 4.74 Å². The van der Waals surface area contributed by atoms with Gasteiger partial charge in [0.05, 0.1) is 0 Å². The van der Waals surface area contributed by atoms with E-state index in [1.54, 1.807) is 0 Å². The fourth-order valence-electron chi connectivity index (χ4n) is 1.38. The predicted octanol–water partition coefficient (Wildman–Crippen LogP) is 3.93. The first kappa shape index (κ1) is 14.3. The Bertz CT molecular complexity index is 106. The topological polar surface area (TPSA) is 9.23 Å². The normalized spacial score (nSPS) is 13.1. The van der Waals surface area contributed by atoms with Crippen molar-refractivity contribution in [3.05, 3.63) is 0 Å². The summed E-state index contributed by atoms with van der Waals surface area (Å²) in [5.41, 5.74) is 0. The highest BCUT2D eigenvalue weighted by Crippen LogP contribution is 2.08. The highest BCUT2D eigenvalue weighted by molar-refractivity contribution is 7.80. The predicted molar refractivity (Wildman–Crippen MR) is 67.2 cm³/mol. The van der Waals surface area contributed by atoms with Gasteiger partial charge in [0.15, 0.2) is 0 Å². The number of unbranched alkanes of at least 4 members (excludes halogenated alkanes) is 3. The maximum absolute atomic E-state index is 5.57. The van der Waals surface area contributed by atoms with Crippen LogP contribution in [0.25, 0.3) is 0 Å². The van der Waals surface area contributed by atoms with Gasteiger partial charge in [0.2, 0.25) is 0 Å². The minimum Gasteiger partial charge on any atom is -0.381 e. The first-order valence-electron chi connectivity index (χ1n) is 5.99. The summed E-state index contributed by atoms with van der Waals surface area (Å²) in [6, 6.07) is 0. The molecule has 0 aromatic carbocycles. The monoisotopic (exact) mass is 218 g/mol. The van der Waals surface area contributed by atoms with Gasteiger partial charge in [-0.05, 0) is 30.9 Å². The zero-order valence-corrected chi connectivity index (χ0v) is 10.7. The van der Waals surface area contributed by atoms with E-state index in [0.29, 0.717) is 0 Å². The van der Waals surface area contributed by atoms with Crippen LogP contribution in [0, 0.1) is 5.92 Å². The number of hydrogen-bond acceptors (Lipinski definition) is 2. The third kappa shape index (κ3) is 10.4. The first-order chi connectivity index (χ1) is 6.81. The van der Waals surface area contributed by atoms with Crippen molar-refractivity contribution >= 4 is 12.6 Å². The maximum Gasteiger partial charge on any atom is 0.0468 e. The number of rotatable bonds is 10. The quantitative estimate of drug-likeness (QED) is 0.432. The Morgan fingerprint density at radius 2 is 1.86 bits per heavy atom. The highest BCUT2D eigenvalue weighted by Gasteiger charge is 1.99. The van der Waals surface area contributed by atoms with E-state index in [0.717, 1.165) is 24.9 Å². The third-order valence-corrected chi connectivity index (χ3v) is 2.78. The smallest absolute Gasteiger partial charge is 0.0468 e. The molecule has 0 amide bonds. The Hall–Kier alpha value is 0.310. The summed E-state index contributed by atoms with van der Waals surface area (Å²) >= 11 is 4.22. The molecule has 0 aromatic heterocycles. The Morgan fingerprint density at radius 1 is 1.07 bits per heavy atom. The van der Waals surface area contributed by atoms with Gasteiger partial charge >= 0.3 is 0 Å². The average molecular weight is 218 g/mol. The van der Waals surface area contributed by atoms with E-state index in [2.05, 4.69) is 26.5 Å². The third-order valence-electron chi connectivity index (χ3n) is 2.52. The fraction of sp³-hybridized carbons (Fsp3) is 1.00. The van der Waals surface area contributed by atoms with Gasteiger partial charge in [-0.1, -0.05) is 33.1 Å².